The fourth-order valence-electron chi connectivity index (χ4n) is 1.66. The summed E-state index contributed by atoms with van der Waals surface area (Å²) < 4.78 is 6.12. The molecule has 2 aromatic rings. The summed E-state index contributed by atoms with van der Waals surface area (Å²) in [5, 5.41) is 3.71. The van der Waals surface area contributed by atoms with Gasteiger partial charge in [-0.05, 0) is 40.2 Å². The van der Waals surface area contributed by atoms with E-state index in [1.54, 1.807) is 25.4 Å². The van der Waals surface area contributed by atoms with E-state index in [0.717, 1.165) is 15.8 Å². The molecule has 1 heterocycles. The monoisotopic (exact) mass is 341 g/mol. The lowest BCUT2D eigenvalue weighted by Crippen LogP contribution is -2.04. The Labute approximate surface area is 125 Å². The molecule has 19 heavy (non-hydrogen) atoms. The number of nitrogen functional groups attached to an aromatic ring is 1. The van der Waals surface area contributed by atoms with E-state index in [0.29, 0.717) is 23.1 Å². The van der Waals surface area contributed by atoms with Crippen LogP contribution < -0.4 is 15.8 Å². The number of benzene rings is 1. The lowest BCUT2D eigenvalue weighted by molar-refractivity contribution is 0.410. The number of nitrogens with two attached hydrogens (primary N) is 1. The van der Waals surface area contributed by atoms with E-state index in [1.807, 2.05) is 12.1 Å². The van der Waals surface area contributed by atoms with Crippen molar-refractivity contribution in [3.8, 4) is 5.75 Å². The van der Waals surface area contributed by atoms with Gasteiger partial charge in [0.25, 0.3) is 0 Å². The van der Waals surface area contributed by atoms with Gasteiger partial charge >= 0.3 is 0 Å². The van der Waals surface area contributed by atoms with Gasteiger partial charge < -0.3 is 15.8 Å². The quantitative estimate of drug-likeness (QED) is 0.832. The van der Waals surface area contributed by atoms with E-state index in [1.165, 1.54) is 0 Å². The smallest absolute Gasteiger partial charge is 0.145 e. The highest BCUT2D eigenvalue weighted by atomic mass is 79.9. The van der Waals surface area contributed by atoms with Gasteiger partial charge in [-0.1, -0.05) is 11.6 Å². The molecule has 0 bridgehead atoms. The molecule has 2 rings (SSSR count). The molecule has 0 atom stereocenters. The molecular weight excluding hydrogens is 330 g/mol. The SMILES string of the molecule is COc1ccc(N)cc1CNc1ncc(Br)cc1Cl. The van der Waals surface area contributed by atoms with Crippen molar-refractivity contribution in [2.24, 2.45) is 0 Å². The topological polar surface area (TPSA) is 60.2 Å². The molecule has 0 aliphatic carbocycles. The van der Waals surface area contributed by atoms with E-state index < -0.39 is 0 Å². The van der Waals surface area contributed by atoms with Crippen LogP contribution in [0.3, 0.4) is 0 Å². The van der Waals surface area contributed by atoms with E-state index >= 15 is 0 Å². The summed E-state index contributed by atoms with van der Waals surface area (Å²) in [7, 11) is 1.62. The molecule has 0 aliphatic heterocycles. The first kappa shape index (κ1) is 14.0. The number of nitrogens with zero attached hydrogens (tertiary/aromatic N) is 1. The molecule has 1 aromatic heterocycles. The first-order valence-corrected chi connectivity index (χ1v) is 6.74. The van der Waals surface area contributed by atoms with Gasteiger partial charge in [-0.25, -0.2) is 4.98 Å². The summed E-state index contributed by atoms with van der Waals surface area (Å²) in [6.07, 6.45) is 1.69. The van der Waals surface area contributed by atoms with Gasteiger partial charge in [0.2, 0.25) is 0 Å². The Kier molecular flexibility index (Phi) is 4.50. The third-order valence-electron chi connectivity index (χ3n) is 2.56. The lowest BCUT2D eigenvalue weighted by atomic mass is 10.2. The zero-order valence-electron chi connectivity index (χ0n) is 10.3. The largest absolute Gasteiger partial charge is 0.496 e. The molecule has 0 radical (unpaired) electrons. The molecule has 0 saturated heterocycles. The standard InChI is InChI=1S/C13H13BrClN3O/c1-19-12-3-2-10(16)4-8(12)6-17-13-11(15)5-9(14)7-18-13/h2-5,7H,6,16H2,1H3,(H,17,18). The van der Waals surface area contributed by atoms with Gasteiger partial charge in [0, 0.05) is 28.5 Å². The highest BCUT2D eigenvalue weighted by Crippen LogP contribution is 2.25. The highest BCUT2D eigenvalue weighted by molar-refractivity contribution is 9.10. The predicted octanol–water partition coefficient (Wildman–Crippen LogP) is 3.70. The number of aromatic nitrogens is 1. The number of hydrogen-bond acceptors (Lipinski definition) is 4. The third-order valence-corrected chi connectivity index (χ3v) is 3.28. The van der Waals surface area contributed by atoms with Crippen LogP contribution in [-0.2, 0) is 6.54 Å². The fraction of sp³-hybridized carbons (Fsp3) is 0.154. The van der Waals surface area contributed by atoms with Crippen LogP contribution in [0.25, 0.3) is 0 Å². The van der Waals surface area contributed by atoms with Crippen LogP contribution in [0.5, 0.6) is 5.75 Å². The maximum Gasteiger partial charge on any atom is 0.145 e. The summed E-state index contributed by atoms with van der Waals surface area (Å²) in [4.78, 5) is 4.21. The molecule has 0 spiro atoms. The van der Waals surface area contributed by atoms with Crippen LogP contribution >= 0.6 is 27.5 Å². The predicted molar refractivity (Wildman–Crippen MR) is 81.7 cm³/mol. The number of methoxy groups -OCH3 is 1. The fourth-order valence-corrected chi connectivity index (χ4v) is 2.36. The number of rotatable bonds is 4. The molecule has 1 aromatic carbocycles. The number of pyridine rings is 1. The van der Waals surface area contributed by atoms with Crippen LogP contribution in [-0.4, -0.2) is 12.1 Å². The zero-order valence-corrected chi connectivity index (χ0v) is 12.6. The third kappa shape index (κ3) is 3.52. The van der Waals surface area contributed by atoms with Crippen molar-refractivity contribution < 1.29 is 4.74 Å². The van der Waals surface area contributed by atoms with Gasteiger partial charge in [0.1, 0.15) is 11.6 Å². The lowest BCUT2D eigenvalue weighted by Gasteiger charge is -2.11. The average Bonchev–Trinajstić information content (AvgIpc) is 2.38. The Bertz CT molecular complexity index is 592. The minimum atomic E-state index is 0.530. The van der Waals surface area contributed by atoms with Gasteiger partial charge in [0.05, 0.1) is 12.1 Å². The van der Waals surface area contributed by atoms with Crippen LogP contribution in [0.2, 0.25) is 5.02 Å². The Morgan fingerprint density at radius 3 is 2.89 bits per heavy atom. The minimum Gasteiger partial charge on any atom is -0.496 e. The van der Waals surface area contributed by atoms with Gasteiger partial charge in [-0.3, -0.25) is 0 Å². The molecule has 0 unspecified atom stereocenters. The van der Waals surface area contributed by atoms with Gasteiger partial charge in [-0.15, -0.1) is 0 Å². The molecule has 0 saturated carbocycles. The highest BCUT2D eigenvalue weighted by Gasteiger charge is 2.06. The summed E-state index contributed by atoms with van der Waals surface area (Å²) in [5.41, 5.74) is 7.40. The Morgan fingerprint density at radius 1 is 1.42 bits per heavy atom. The normalized spacial score (nSPS) is 10.3. The van der Waals surface area contributed by atoms with E-state index in [2.05, 4.69) is 26.2 Å². The van der Waals surface area contributed by atoms with Crippen LogP contribution in [0.4, 0.5) is 11.5 Å². The number of hydrogen-bond donors (Lipinski definition) is 2. The second-order valence-electron chi connectivity index (χ2n) is 3.91. The van der Waals surface area contributed by atoms with Crippen molar-refractivity contribution in [2.45, 2.75) is 6.54 Å². The molecule has 100 valence electrons. The second kappa shape index (κ2) is 6.12. The number of anilines is 2. The van der Waals surface area contributed by atoms with Crippen molar-refractivity contribution in [1.29, 1.82) is 0 Å². The Balaban J connectivity index is 2.16. The average molecular weight is 343 g/mol. The van der Waals surface area contributed by atoms with Crippen molar-refractivity contribution in [3.05, 3.63) is 45.5 Å². The molecule has 0 aliphatic rings. The van der Waals surface area contributed by atoms with E-state index in [9.17, 15) is 0 Å². The van der Waals surface area contributed by atoms with Gasteiger partial charge in [0.15, 0.2) is 0 Å². The van der Waals surface area contributed by atoms with Gasteiger partial charge in [-0.2, -0.15) is 0 Å². The van der Waals surface area contributed by atoms with Crippen LogP contribution in [0, 0.1) is 0 Å². The molecule has 3 N–H and O–H groups in total. The minimum absolute atomic E-state index is 0.530. The van der Waals surface area contributed by atoms with E-state index in [4.69, 9.17) is 22.1 Å². The number of nitrogens with one attached hydrogen (secondary N) is 1. The van der Waals surface area contributed by atoms with Crippen LogP contribution in [0.1, 0.15) is 5.56 Å². The van der Waals surface area contributed by atoms with Crippen molar-refractivity contribution >= 4 is 39.0 Å². The maximum absolute atomic E-state index is 6.09. The Morgan fingerprint density at radius 2 is 2.21 bits per heavy atom. The molecule has 0 amide bonds. The Hall–Kier alpha value is -1.46. The second-order valence-corrected chi connectivity index (χ2v) is 5.23. The maximum atomic E-state index is 6.09. The van der Waals surface area contributed by atoms with Crippen LogP contribution in [0.15, 0.2) is 34.9 Å². The molecule has 4 nitrogen and oxygen atoms in total. The number of ether oxygens (including phenoxy) is 1. The van der Waals surface area contributed by atoms with Crippen molar-refractivity contribution in [3.63, 3.8) is 0 Å². The summed E-state index contributed by atoms with van der Waals surface area (Å²) in [6.45, 7) is 0.530. The van der Waals surface area contributed by atoms with E-state index in [-0.39, 0.29) is 0 Å². The first-order chi connectivity index (χ1) is 9.10. The number of halogens is 2. The summed E-state index contributed by atoms with van der Waals surface area (Å²) in [5.74, 6) is 1.39. The summed E-state index contributed by atoms with van der Waals surface area (Å²) >= 11 is 9.40. The molecular formula is C13H13BrClN3O. The zero-order chi connectivity index (χ0) is 13.8. The summed E-state index contributed by atoms with van der Waals surface area (Å²) in [6, 6.07) is 7.28. The molecule has 6 heteroatoms. The van der Waals surface area contributed by atoms with Crippen molar-refractivity contribution in [1.82, 2.24) is 4.98 Å². The molecule has 0 fully saturated rings. The first-order valence-electron chi connectivity index (χ1n) is 5.57. The van der Waals surface area contributed by atoms with Crippen molar-refractivity contribution in [2.75, 3.05) is 18.2 Å².